The number of benzene rings is 2. The molecule has 32 heavy (non-hydrogen) atoms. The molecule has 0 unspecified atom stereocenters. The van der Waals surface area contributed by atoms with Crippen LogP contribution < -0.4 is 9.64 Å². The van der Waals surface area contributed by atoms with Gasteiger partial charge >= 0.3 is 6.36 Å². The van der Waals surface area contributed by atoms with Crippen LogP contribution in [0.1, 0.15) is 5.56 Å². The summed E-state index contributed by atoms with van der Waals surface area (Å²) in [5, 5.41) is 2.81. The van der Waals surface area contributed by atoms with Gasteiger partial charge in [0.15, 0.2) is 5.13 Å². The molecule has 0 atom stereocenters. The third-order valence-electron chi connectivity index (χ3n) is 5.04. The van der Waals surface area contributed by atoms with E-state index in [2.05, 4.69) is 9.72 Å². The molecular formula is C21H20F3N3O3S2. The maximum absolute atomic E-state index is 12.9. The van der Waals surface area contributed by atoms with E-state index in [1.54, 1.807) is 0 Å². The van der Waals surface area contributed by atoms with Gasteiger partial charge in [-0.05, 0) is 31.2 Å². The maximum atomic E-state index is 12.9. The minimum atomic E-state index is -4.83. The smallest absolute Gasteiger partial charge is 0.406 e. The number of aryl methyl sites for hydroxylation is 1. The topological polar surface area (TPSA) is 62.7 Å². The van der Waals surface area contributed by atoms with Crippen LogP contribution in [-0.2, 0) is 10.0 Å². The van der Waals surface area contributed by atoms with Crippen molar-refractivity contribution in [2.75, 3.05) is 31.1 Å². The Hall–Kier alpha value is -2.63. The number of piperazine rings is 1. The van der Waals surface area contributed by atoms with Crippen LogP contribution in [0, 0.1) is 6.92 Å². The summed E-state index contributed by atoms with van der Waals surface area (Å²) in [6.45, 7) is 3.46. The molecule has 0 aliphatic carbocycles. The lowest BCUT2D eigenvalue weighted by atomic mass is 10.1. The SMILES string of the molecule is Cc1ccc(-c2csc(N3CCN(S(=O)(=O)c4ccc(OC(F)(F)F)cc4)CC3)n2)cc1. The summed E-state index contributed by atoms with van der Waals surface area (Å²) in [6.07, 6.45) is -4.83. The molecular weight excluding hydrogens is 463 g/mol. The van der Waals surface area contributed by atoms with Crippen LogP contribution in [0.5, 0.6) is 5.75 Å². The van der Waals surface area contributed by atoms with E-state index >= 15 is 0 Å². The lowest BCUT2D eigenvalue weighted by molar-refractivity contribution is -0.274. The first-order chi connectivity index (χ1) is 15.1. The summed E-state index contributed by atoms with van der Waals surface area (Å²) in [5.41, 5.74) is 3.07. The first-order valence-corrected chi connectivity index (χ1v) is 12.1. The molecule has 1 saturated heterocycles. The molecule has 0 spiro atoms. The van der Waals surface area contributed by atoms with Crippen LogP contribution in [0.15, 0.2) is 58.8 Å². The van der Waals surface area contributed by atoms with Gasteiger partial charge < -0.3 is 9.64 Å². The van der Waals surface area contributed by atoms with Crippen LogP contribution in [0.3, 0.4) is 0 Å². The summed E-state index contributed by atoms with van der Waals surface area (Å²) in [4.78, 5) is 6.65. The normalized spacial score (nSPS) is 15.7. The van der Waals surface area contributed by atoms with Crippen LogP contribution in [0.2, 0.25) is 0 Å². The van der Waals surface area contributed by atoms with Gasteiger partial charge in [-0.2, -0.15) is 4.31 Å². The third kappa shape index (κ3) is 5.05. The zero-order chi connectivity index (χ0) is 22.9. The zero-order valence-corrected chi connectivity index (χ0v) is 18.7. The van der Waals surface area contributed by atoms with E-state index in [0.29, 0.717) is 13.1 Å². The number of thiazole rings is 1. The second-order valence-electron chi connectivity index (χ2n) is 7.29. The van der Waals surface area contributed by atoms with Crippen molar-refractivity contribution in [1.82, 2.24) is 9.29 Å². The van der Waals surface area contributed by atoms with Crippen molar-refractivity contribution in [3.8, 4) is 17.0 Å². The molecule has 3 aromatic rings. The Morgan fingerprint density at radius 2 is 1.59 bits per heavy atom. The van der Waals surface area contributed by atoms with Crippen LogP contribution in [-0.4, -0.2) is 50.2 Å². The van der Waals surface area contributed by atoms with Crippen molar-refractivity contribution in [1.29, 1.82) is 0 Å². The molecule has 1 aliphatic rings. The number of alkyl halides is 3. The Kier molecular flexibility index (Phi) is 6.15. The van der Waals surface area contributed by atoms with E-state index in [1.807, 2.05) is 41.5 Å². The van der Waals surface area contributed by atoms with Gasteiger partial charge in [-0.25, -0.2) is 13.4 Å². The lowest BCUT2D eigenvalue weighted by Crippen LogP contribution is -2.48. The first kappa shape index (κ1) is 22.6. The number of halogens is 3. The lowest BCUT2D eigenvalue weighted by Gasteiger charge is -2.33. The third-order valence-corrected chi connectivity index (χ3v) is 7.86. The van der Waals surface area contributed by atoms with Crippen LogP contribution in [0.4, 0.5) is 18.3 Å². The zero-order valence-electron chi connectivity index (χ0n) is 17.0. The highest BCUT2D eigenvalue weighted by atomic mass is 32.2. The van der Waals surface area contributed by atoms with Crippen molar-refractivity contribution in [3.63, 3.8) is 0 Å². The second kappa shape index (κ2) is 8.72. The highest BCUT2D eigenvalue weighted by Crippen LogP contribution is 2.30. The predicted molar refractivity (Wildman–Crippen MR) is 116 cm³/mol. The number of hydrogen-bond acceptors (Lipinski definition) is 6. The van der Waals surface area contributed by atoms with Crippen molar-refractivity contribution < 1.29 is 26.3 Å². The Morgan fingerprint density at radius 3 is 2.19 bits per heavy atom. The summed E-state index contributed by atoms with van der Waals surface area (Å²) in [5.74, 6) is -0.464. The minimum absolute atomic E-state index is 0.0728. The van der Waals surface area contributed by atoms with E-state index in [-0.39, 0.29) is 18.0 Å². The molecule has 0 N–H and O–H groups in total. The maximum Gasteiger partial charge on any atom is 0.573 e. The highest BCUT2D eigenvalue weighted by Gasteiger charge is 2.32. The van der Waals surface area contributed by atoms with E-state index < -0.39 is 22.1 Å². The standard InChI is InChI=1S/C21H20F3N3O3S2/c1-15-2-4-16(5-3-15)19-14-31-20(25-19)26-10-12-27(13-11-26)32(28,29)18-8-6-17(7-9-18)30-21(22,23)24/h2-9,14H,10-13H2,1H3. The minimum Gasteiger partial charge on any atom is -0.406 e. The molecule has 4 rings (SSSR count). The number of rotatable bonds is 5. The van der Waals surface area contributed by atoms with E-state index in [9.17, 15) is 21.6 Å². The predicted octanol–water partition coefficient (Wildman–Crippen LogP) is 4.53. The van der Waals surface area contributed by atoms with Crippen molar-refractivity contribution in [2.45, 2.75) is 18.2 Å². The Morgan fingerprint density at radius 1 is 0.969 bits per heavy atom. The molecule has 0 amide bonds. The van der Waals surface area contributed by atoms with Crippen LogP contribution >= 0.6 is 11.3 Å². The number of anilines is 1. The average Bonchev–Trinajstić information content (AvgIpc) is 3.24. The molecule has 170 valence electrons. The average molecular weight is 484 g/mol. The van der Waals surface area contributed by atoms with Gasteiger partial charge in [0.25, 0.3) is 0 Å². The van der Waals surface area contributed by atoms with Gasteiger partial charge in [0.05, 0.1) is 10.6 Å². The summed E-state index contributed by atoms with van der Waals surface area (Å²) in [7, 11) is -3.82. The first-order valence-electron chi connectivity index (χ1n) is 9.75. The molecule has 0 radical (unpaired) electrons. The molecule has 0 bridgehead atoms. The summed E-state index contributed by atoms with van der Waals surface area (Å²) >= 11 is 1.51. The fourth-order valence-corrected chi connectivity index (χ4v) is 5.66. The number of nitrogens with zero attached hydrogens (tertiary/aromatic N) is 3. The highest BCUT2D eigenvalue weighted by molar-refractivity contribution is 7.89. The number of hydrogen-bond donors (Lipinski definition) is 0. The molecule has 2 aromatic carbocycles. The molecule has 1 aromatic heterocycles. The molecule has 1 fully saturated rings. The Bertz CT molecular complexity index is 1170. The van der Waals surface area contributed by atoms with Crippen molar-refractivity contribution in [3.05, 3.63) is 59.5 Å². The fraction of sp³-hybridized carbons (Fsp3) is 0.286. The molecule has 0 saturated carbocycles. The Balaban J connectivity index is 1.40. The van der Waals surface area contributed by atoms with Gasteiger partial charge in [-0.1, -0.05) is 29.8 Å². The van der Waals surface area contributed by atoms with Crippen LogP contribution in [0.25, 0.3) is 11.3 Å². The van der Waals surface area contributed by atoms with Gasteiger partial charge in [0.2, 0.25) is 10.0 Å². The van der Waals surface area contributed by atoms with E-state index in [0.717, 1.165) is 40.7 Å². The van der Waals surface area contributed by atoms with Crippen molar-refractivity contribution >= 4 is 26.5 Å². The fourth-order valence-electron chi connectivity index (χ4n) is 3.35. The van der Waals surface area contributed by atoms with Gasteiger partial charge in [-0.3, -0.25) is 0 Å². The number of aromatic nitrogens is 1. The summed E-state index contributed by atoms with van der Waals surface area (Å²) in [6, 6.07) is 12.3. The number of sulfonamides is 1. The van der Waals surface area contributed by atoms with Gasteiger partial charge in [0, 0.05) is 37.1 Å². The quantitative estimate of drug-likeness (QED) is 0.534. The molecule has 1 aliphatic heterocycles. The number of ether oxygens (including phenoxy) is 1. The van der Waals surface area contributed by atoms with E-state index in [4.69, 9.17) is 0 Å². The monoisotopic (exact) mass is 483 g/mol. The van der Waals surface area contributed by atoms with Gasteiger partial charge in [-0.15, -0.1) is 24.5 Å². The Labute approximate surface area is 187 Å². The molecule has 6 nitrogen and oxygen atoms in total. The van der Waals surface area contributed by atoms with E-state index in [1.165, 1.54) is 21.2 Å². The summed E-state index contributed by atoms with van der Waals surface area (Å²) < 4.78 is 67.8. The van der Waals surface area contributed by atoms with Crippen molar-refractivity contribution in [2.24, 2.45) is 0 Å². The molecule has 2 heterocycles. The largest absolute Gasteiger partial charge is 0.573 e. The molecule has 11 heteroatoms. The van der Waals surface area contributed by atoms with Gasteiger partial charge in [0.1, 0.15) is 5.75 Å². The second-order valence-corrected chi connectivity index (χ2v) is 10.1.